The maximum Gasteiger partial charge on any atom is 0.307 e. The van der Waals surface area contributed by atoms with E-state index in [1.807, 2.05) is 12.1 Å². The van der Waals surface area contributed by atoms with Crippen molar-refractivity contribution >= 4 is 17.6 Å². The molecule has 19 heavy (non-hydrogen) atoms. The molecule has 0 heterocycles. The topological polar surface area (TPSA) is 37.3 Å². The molecule has 102 valence electrons. The maximum atomic E-state index is 11.7. The molecule has 1 spiro atoms. The fraction of sp³-hybridized carbons (Fsp3) is 0.562. The van der Waals surface area contributed by atoms with Gasteiger partial charge in [-0.1, -0.05) is 43.0 Å². The molecule has 1 fully saturated rings. The zero-order valence-electron chi connectivity index (χ0n) is 11.0. The van der Waals surface area contributed by atoms with Crippen LogP contribution in [0.5, 0.6) is 0 Å². The van der Waals surface area contributed by atoms with Crippen LogP contribution in [0.4, 0.5) is 0 Å². The van der Waals surface area contributed by atoms with Gasteiger partial charge in [-0.25, -0.2) is 0 Å². The van der Waals surface area contributed by atoms with Gasteiger partial charge in [0.25, 0.3) is 0 Å². The van der Waals surface area contributed by atoms with Crippen LogP contribution in [0.3, 0.4) is 0 Å². The minimum atomic E-state index is -0.646. The molecule has 0 saturated heterocycles. The van der Waals surface area contributed by atoms with Gasteiger partial charge in [-0.15, -0.1) is 0 Å². The lowest BCUT2D eigenvalue weighted by Gasteiger charge is -2.46. The van der Waals surface area contributed by atoms with Crippen molar-refractivity contribution in [1.29, 1.82) is 0 Å². The van der Waals surface area contributed by atoms with Crippen molar-refractivity contribution in [3.63, 3.8) is 0 Å². The molecule has 3 rings (SSSR count). The molecule has 1 saturated carbocycles. The molecule has 1 atom stereocenters. The van der Waals surface area contributed by atoms with Gasteiger partial charge in [0, 0.05) is 10.4 Å². The fourth-order valence-electron chi connectivity index (χ4n) is 4.23. The highest BCUT2D eigenvalue weighted by atomic mass is 35.5. The van der Waals surface area contributed by atoms with Crippen LogP contribution < -0.4 is 0 Å². The average Bonchev–Trinajstić information content (AvgIpc) is 2.39. The predicted molar refractivity (Wildman–Crippen MR) is 75.7 cm³/mol. The van der Waals surface area contributed by atoms with Gasteiger partial charge in [0.05, 0.1) is 5.92 Å². The molecule has 0 aliphatic heterocycles. The summed E-state index contributed by atoms with van der Waals surface area (Å²) in [6.45, 7) is 0. The Morgan fingerprint density at radius 3 is 2.68 bits per heavy atom. The number of rotatable bonds is 1. The highest BCUT2D eigenvalue weighted by molar-refractivity contribution is 6.31. The van der Waals surface area contributed by atoms with E-state index < -0.39 is 5.97 Å². The second kappa shape index (κ2) is 4.82. The number of hydrogen-bond donors (Lipinski definition) is 1. The van der Waals surface area contributed by atoms with E-state index in [1.165, 1.54) is 12.0 Å². The number of aryl methyl sites for hydroxylation is 1. The Balaban J connectivity index is 2.17. The van der Waals surface area contributed by atoms with E-state index >= 15 is 0 Å². The SMILES string of the molecule is O=C(O)C1CCc2cccc(Cl)c2C12CCCCC2. The number of carbonyl (C=O) groups is 1. The quantitative estimate of drug-likeness (QED) is 0.836. The number of carboxylic acids is 1. The summed E-state index contributed by atoms with van der Waals surface area (Å²) in [6.07, 6.45) is 7.00. The lowest BCUT2D eigenvalue weighted by atomic mass is 9.57. The molecule has 2 aliphatic rings. The van der Waals surface area contributed by atoms with Crippen LogP contribution >= 0.6 is 11.6 Å². The third-order valence-corrected chi connectivity index (χ3v) is 5.33. The predicted octanol–water partition coefficient (Wildman–Crippen LogP) is 4.19. The minimum absolute atomic E-state index is 0.212. The van der Waals surface area contributed by atoms with Crippen molar-refractivity contribution in [1.82, 2.24) is 0 Å². The van der Waals surface area contributed by atoms with E-state index in [4.69, 9.17) is 11.6 Å². The number of carboxylic acid groups (broad SMARTS) is 1. The first kappa shape index (κ1) is 13.0. The van der Waals surface area contributed by atoms with Gasteiger partial charge < -0.3 is 5.11 Å². The third kappa shape index (κ3) is 1.97. The summed E-state index contributed by atoms with van der Waals surface area (Å²) in [5.41, 5.74) is 2.21. The van der Waals surface area contributed by atoms with Gasteiger partial charge in [0.2, 0.25) is 0 Å². The number of fused-ring (bicyclic) bond motifs is 2. The van der Waals surface area contributed by atoms with Gasteiger partial charge in [-0.2, -0.15) is 0 Å². The number of hydrogen-bond acceptors (Lipinski definition) is 1. The standard InChI is InChI=1S/C16H19ClO2/c17-13-6-4-5-11-7-8-12(15(18)19)16(14(11)13)9-2-1-3-10-16/h4-6,12H,1-3,7-10H2,(H,18,19). The van der Waals surface area contributed by atoms with Gasteiger partial charge in [0.15, 0.2) is 0 Å². The molecule has 0 radical (unpaired) electrons. The maximum absolute atomic E-state index is 11.7. The second-order valence-electron chi connectivity index (χ2n) is 5.92. The van der Waals surface area contributed by atoms with Crippen LogP contribution in [0.25, 0.3) is 0 Å². The summed E-state index contributed by atoms with van der Waals surface area (Å²) in [6, 6.07) is 6.02. The molecule has 0 bridgehead atoms. The van der Waals surface area contributed by atoms with Crippen LogP contribution in [0.2, 0.25) is 5.02 Å². The summed E-state index contributed by atoms with van der Waals surface area (Å²) in [5.74, 6) is -0.910. The zero-order valence-corrected chi connectivity index (χ0v) is 11.7. The van der Waals surface area contributed by atoms with Crippen molar-refractivity contribution < 1.29 is 9.90 Å². The zero-order chi connectivity index (χ0) is 13.5. The lowest BCUT2D eigenvalue weighted by Crippen LogP contribution is -2.45. The Morgan fingerprint density at radius 1 is 1.26 bits per heavy atom. The highest BCUT2D eigenvalue weighted by Gasteiger charge is 2.49. The number of halogens is 1. The van der Waals surface area contributed by atoms with Crippen LogP contribution in [-0.4, -0.2) is 11.1 Å². The van der Waals surface area contributed by atoms with Crippen LogP contribution in [-0.2, 0) is 16.6 Å². The van der Waals surface area contributed by atoms with E-state index in [0.29, 0.717) is 0 Å². The Bertz CT molecular complexity index is 503. The summed E-state index contributed by atoms with van der Waals surface area (Å²) >= 11 is 6.44. The van der Waals surface area contributed by atoms with Crippen molar-refractivity contribution in [3.8, 4) is 0 Å². The molecule has 2 aliphatic carbocycles. The molecule has 1 aromatic rings. The summed E-state index contributed by atoms with van der Waals surface area (Å²) < 4.78 is 0. The molecule has 0 amide bonds. The molecule has 1 aromatic carbocycles. The smallest absolute Gasteiger partial charge is 0.307 e. The fourth-order valence-corrected chi connectivity index (χ4v) is 4.61. The average molecular weight is 279 g/mol. The van der Waals surface area contributed by atoms with Gasteiger partial charge in [-0.05, 0) is 42.9 Å². The molecule has 2 nitrogen and oxygen atoms in total. The first-order valence-corrected chi connectivity index (χ1v) is 7.53. The number of aliphatic carboxylic acids is 1. The lowest BCUT2D eigenvalue weighted by molar-refractivity contribution is -0.145. The first-order chi connectivity index (χ1) is 9.15. The molecule has 0 aromatic heterocycles. The molecular weight excluding hydrogens is 260 g/mol. The van der Waals surface area contributed by atoms with E-state index in [1.54, 1.807) is 0 Å². The Morgan fingerprint density at radius 2 is 2.00 bits per heavy atom. The summed E-state index contributed by atoms with van der Waals surface area (Å²) in [5, 5.41) is 10.4. The van der Waals surface area contributed by atoms with Gasteiger partial charge >= 0.3 is 5.97 Å². The van der Waals surface area contributed by atoms with E-state index in [9.17, 15) is 9.90 Å². The molecule has 1 unspecified atom stereocenters. The normalized spacial score (nSPS) is 25.0. The second-order valence-corrected chi connectivity index (χ2v) is 6.33. The Kier molecular flexibility index (Phi) is 3.30. The van der Waals surface area contributed by atoms with Crippen LogP contribution in [0, 0.1) is 5.92 Å². The van der Waals surface area contributed by atoms with Crippen molar-refractivity contribution in [2.75, 3.05) is 0 Å². The number of benzene rings is 1. The van der Waals surface area contributed by atoms with E-state index in [2.05, 4.69) is 6.07 Å². The third-order valence-electron chi connectivity index (χ3n) is 5.01. The van der Waals surface area contributed by atoms with E-state index in [-0.39, 0.29) is 11.3 Å². The van der Waals surface area contributed by atoms with Gasteiger partial charge in [0.1, 0.15) is 0 Å². The van der Waals surface area contributed by atoms with Crippen molar-refractivity contribution in [2.45, 2.75) is 50.4 Å². The highest BCUT2D eigenvalue weighted by Crippen LogP contribution is 2.52. The minimum Gasteiger partial charge on any atom is -0.481 e. The van der Waals surface area contributed by atoms with Crippen molar-refractivity contribution in [2.24, 2.45) is 5.92 Å². The van der Waals surface area contributed by atoms with Crippen molar-refractivity contribution in [3.05, 3.63) is 34.3 Å². The summed E-state index contributed by atoms with van der Waals surface area (Å²) in [4.78, 5) is 11.7. The summed E-state index contributed by atoms with van der Waals surface area (Å²) in [7, 11) is 0. The first-order valence-electron chi connectivity index (χ1n) is 7.16. The van der Waals surface area contributed by atoms with Crippen LogP contribution in [0.15, 0.2) is 18.2 Å². The molecule has 3 heteroatoms. The Hall–Kier alpha value is -1.02. The molecule has 1 N–H and O–H groups in total. The monoisotopic (exact) mass is 278 g/mol. The Labute approximate surface area is 118 Å². The largest absolute Gasteiger partial charge is 0.481 e. The van der Waals surface area contributed by atoms with E-state index in [0.717, 1.165) is 49.1 Å². The van der Waals surface area contributed by atoms with Gasteiger partial charge in [-0.3, -0.25) is 4.79 Å². The molecular formula is C16H19ClO2. The van der Waals surface area contributed by atoms with Crippen LogP contribution in [0.1, 0.15) is 49.7 Å².